The second-order valence-corrected chi connectivity index (χ2v) is 5.49. The highest BCUT2D eigenvalue weighted by molar-refractivity contribution is 6.62. The molecule has 1 rings (SSSR count). The largest absolute Gasteiger partial charge is 0.496 e. The van der Waals surface area contributed by atoms with Crippen LogP contribution in [-0.2, 0) is 5.41 Å². The minimum absolute atomic E-state index is 0.242. The van der Waals surface area contributed by atoms with Crippen molar-refractivity contribution in [2.24, 2.45) is 0 Å². The molecule has 4 heteroatoms. The van der Waals surface area contributed by atoms with E-state index in [4.69, 9.17) is 16.3 Å². The molecule has 0 bridgehead atoms. The summed E-state index contributed by atoms with van der Waals surface area (Å²) in [4.78, 5) is 10.8. The summed E-state index contributed by atoms with van der Waals surface area (Å²) in [7, 11) is 1.66. The zero-order chi connectivity index (χ0) is 13.9. The predicted molar refractivity (Wildman–Crippen MR) is 74.7 cm³/mol. The first-order valence-corrected chi connectivity index (χ1v) is 6.25. The van der Waals surface area contributed by atoms with Gasteiger partial charge in [0, 0.05) is 17.5 Å². The Balaban J connectivity index is 3.13. The summed E-state index contributed by atoms with van der Waals surface area (Å²) in [6.07, 6.45) is 0. The van der Waals surface area contributed by atoms with Crippen LogP contribution in [0.4, 0.5) is 4.79 Å². The zero-order valence-electron chi connectivity index (χ0n) is 11.6. The molecule has 0 atom stereocenters. The number of halogens is 1. The van der Waals surface area contributed by atoms with E-state index in [9.17, 15) is 4.79 Å². The van der Waals surface area contributed by atoms with Crippen LogP contribution >= 0.6 is 11.6 Å². The lowest BCUT2D eigenvalue weighted by atomic mass is 9.82. The van der Waals surface area contributed by atoms with Gasteiger partial charge in [-0.3, -0.25) is 4.79 Å². The second kappa shape index (κ2) is 5.61. The van der Waals surface area contributed by atoms with Crippen molar-refractivity contribution >= 4 is 17.0 Å². The van der Waals surface area contributed by atoms with Gasteiger partial charge in [-0.15, -0.1) is 0 Å². The van der Waals surface area contributed by atoms with Crippen molar-refractivity contribution in [2.75, 3.05) is 13.7 Å². The maximum absolute atomic E-state index is 10.8. The monoisotopic (exact) mass is 269 g/mol. The number of nitrogens with one attached hydrogen (secondary N) is 1. The molecule has 0 fully saturated rings. The van der Waals surface area contributed by atoms with Crippen molar-refractivity contribution in [2.45, 2.75) is 33.1 Å². The lowest BCUT2D eigenvalue weighted by Crippen LogP contribution is -2.34. The quantitative estimate of drug-likeness (QED) is 0.671. The normalized spacial score (nSPS) is 11.2. The lowest BCUT2D eigenvalue weighted by molar-refractivity contribution is 0.257. The van der Waals surface area contributed by atoms with E-state index >= 15 is 0 Å². The van der Waals surface area contributed by atoms with E-state index in [1.807, 2.05) is 19.9 Å². The molecule has 0 spiro atoms. The number of methoxy groups -OCH3 is 1. The molecule has 0 aliphatic rings. The van der Waals surface area contributed by atoms with Gasteiger partial charge >= 0.3 is 5.37 Å². The van der Waals surface area contributed by atoms with Crippen LogP contribution in [0.1, 0.15) is 30.5 Å². The number of aryl methyl sites for hydroxylation is 2. The molecule has 0 aliphatic carbocycles. The molecule has 0 unspecified atom stereocenters. The standard InChI is InChI=1S/C14H20ClNO2/c1-9-6-11(12(18-5)7-10(9)2)14(3,4)8-16-13(15)17/h6-7H,8H2,1-5H3,(H,16,17). The maximum Gasteiger partial charge on any atom is 0.313 e. The SMILES string of the molecule is COc1cc(C)c(C)cc1C(C)(C)CNC(=O)Cl. The van der Waals surface area contributed by atoms with E-state index < -0.39 is 5.37 Å². The summed E-state index contributed by atoms with van der Waals surface area (Å²) in [6, 6.07) is 4.13. The molecule has 1 aromatic rings. The van der Waals surface area contributed by atoms with Crippen LogP contribution in [0.15, 0.2) is 12.1 Å². The number of carbonyl (C=O) groups is 1. The molecule has 18 heavy (non-hydrogen) atoms. The van der Waals surface area contributed by atoms with Gasteiger partial charge in [0.1, 0.15) is 5.75 Å². The van der Waals surface area contributed by atoms with Crippen LogP contribution in [-0.4, -0.2) is 19.0 Å². The van der Waals surface area contributed by atoms with Gasteiger partial charge in [0.05, 0.1) is 7.11 Å². The van der Waals surface area contributed by atoms with E-state index in [-0.39, 0.29) is 5.41 Å². The van der Waals surface area contributed by atoms with Crippen LogP contribution in [0.3, 0.4) is 0 Å². The number of benzene rings is 1. The molecule has 0 aliphatic heterocycles. The first-order chi connectivity index (χ1) is 8.27. The second-order valence-electron chi connectivity index (χ2n) is 5.15. The van der Waals surface area contributed by atoms with E-state index in [1.165, 1.54) is 11.1 Å². The Labute approximate surface area is 113 Å². The van der Waals surface area contributed by atoms with Crippen molar-refractivity contribution in [1.82, 2.24) is 5.32 Å². The number of amides is 1. The molecule has 0 saturated heterocycles. The summed E-state index contributed by atoms with van der Waals surface area (Å²) < 4.78 is 5.43. The third-order valence-electron chi connectivity index (χ3n) is 3.21. The third-order valence-corrected chi connectivity index (χ3v) is 3.35. The summed E-state index contributed by atoms with van der Waals surface area (Å²) in [5.41, 5.74) is 3.22. The zero-order valence-corrected chi connectivity index (χ0v) is 12.3. The highest BCUT2D eigenvalue weighted by atomic mass is 35.5. The third kappa shape index (κ3) is 3.39. The van der Waals surface area contributed by atoms with Gasteiger partial charge in [0.15, 0.2) is 0 Å². The Morgan fingerprint density at radius 2 is 1.89 bits per heavy atom. The summed E-state index contributed by atoms with van der Waals surface area (Å²) in [5.74, 6) is 0.840. The van der Waals surface area contributed by atoms with Gasteiger partial charge in [-0.2, -0.15) is 0 Å². The van der Waals surface area contributed by atoms with Crippen LogP contribution in [0, 0.1) is 13.8 Å². The van der Waals surface area contributed by atoms with Crippen LogP contribution in [0.5, 0.6) is 5.75 Å². The van der Waals surface area contributed by atoms with Crippen LogP contribution < -0.4 is 10.1 Å². The molecule has 1 amide bonds. The van der Waals surface area contributed by atoms with E-state index in [0.717, 1.165) is 11.3 Å². The minimum Gasteiger partial charge on any atom is -0.496 e. The van der Waals surface area contributed by atoms with Gasteiger partial charge < -0.3 is 10.1 Å². The first kappa shape index (κ1) is 14.8. The molecule has 0 heterocycles. The first-order valence-electron chi connectivity index (χ1n) is 5.87. The smallest absolute Gasteiger partial charge is 0.313 e. The van der Waals surface area contributed by atoms with Gasteiger partial charge in [-0.25, -0.2) is 0 Å². The molecular weight excluding hydrogens is 250 g/mol. The van der Waals surface area contributed by atoms with E-state index in [1.54, 1.807) is 7.11 Å². The molecule has 0 radical (unpaired) electrons. The number of rotatable bonds is 4. The van der Waals surface area contributed by atoms with Crippen molar-refractivity contribution in [3.05, 3.63) is 28.8 Å². The molecule has 0 aromatic heterocycles. The topological polar surface area (TPSA) is 38.3 Å². The number of ether oxygens (including phenoxy) is 1. The Morgan fingerprint density at radius 1 is 1.33 bits per heavy atom. The Bertz CT molecular complexity index is 455. The summed E-state index contributed by atoms with van der Waals surface area (Å²) >= 11 is 5.32. The fraction of sp³-hybridized carbons (Fsp3) is 0.500. The fourth-order valence-electron chi connectivity index (χ4n) is 1.87. The van der Waals surface area contributed by atoms with Crippen molar-refractivity contribution < 1.29 is 9.53 Å². The van der Waals surface area contributed by atoms with Gasteiger partial charge in [-0.1, -0.05) is 19.9 Å². The molecule has 1 N–H and O–H groups in total. The molecule has 0 saturated carbocycles. The number of hydrogen-bond acceptors (Lipinski definition) is 2. The highest BCUT2D eigenvalue weighted by Gasteiger charge is 2.25. The summed E-state index contributed by atoms with van der Waals surface area (Å²) in [5, 5.41) is 2.10. The molecule has 100 valence electrons. The number of carbonyl (C=O) groups excluding carboxylic acids is 1. The predicted octanol–water partition coefficient (Wildman–Crippen LogP) is 3.54. The molecular formula is C14H20ClNO2. The Kier molecular flexibility index (Phi) is 4.63. The minimum atomic E-state index is -0.536. The Morgan fingerprint density at radius 3 is 2.39 bits per heavy atom. The maximum atomic E-state index is 10.8. The molecule has 1 aromatic carbocycles. The van der Waals surface area contributed by atoms with Crippen molar-refractivity contribution in [1.29, 1.82) is 0 Å². The van der Waals surface area contributed by atoms with Crippen molar-refractivity contribution in [3.8, 4) is 5.75 Å². The lowest BCUT2D eigenvalue weighted by Gasteiger charge is -2.28. The van der Waals surface area contributed by atoms with Crippen LogP contribution in [0.25, 0.3) is 0 Å². The van der Waals surface area contributed by atoms with Gasteiger partial charge in [0.2, 0.25) is 0 Å². The van der Waals surface area contributed by atoms with Gasteiger partial charge in [0.25, 0.3) is 0 Å². The number of hydrogen-bond donors (Lipinski definition) is 1. The van der Waals surface area contributed by atoms with Crippen molar-refractivity contribution in [3.63, 3.8) is 0 Å². The molecule has 3 nitrogen and oxygen atoms in total. The van der Waals surface area contributed by atoms with E-state index in [2.05, 4.69) is 25.2 Å². The average Bonchev–Trinajstić information content (AvgIpc) is 2.29. The fourth-order valence-corrected chi connectivity index (χ4v) is 1.94. The average molecular weight is 270 g/mol. The van der Waals surface area contributed by atoms with Gasteiger partial charge in [-0.05, 0) is 42.6 Å². The highest BCUT2D eigenvalue weighted by Crippen LogP contribution is 2.33. The summed E-state index contributed by atoms with van der Waals surface area (Å²) in [6.45, 7) is 8.68. The van der Waals surface area contributed by atoms with Crippen LogP contribution in [0.2, 0.25) is 0 Å². The Hall–Kier alpha value is -1.22. The van der Waals surface area contributed by atoms with E-state index in [0.29, 0.717) is 6.54 Å².